The lowest BCUT2D eigenvalue weighted by atomic mass is 10.0. The minimum Gasteiger partial charge on any atom is -0.508 e. The number of carbonyl (C=O) groups excluding carboxylic acids is 3. The number of carbonyl (C=O) groups is 6. The van der Waals surface area contributed by atoms with E-state index < -0.39 is 85.7 Å². The van der Waals surface area contributed by atoms with Crippen LogP contribution < -0.4 is 21.7 Å². The largest absolute Gasteiger partial charge is 0.508 e. The van der Waals surface area contributed by atoms with E-state index in [1.54, 1.807) is 0 Å². The van der Waals surface area contributed by atoms with Crippen LogP contribution in [0.2, 0.25) is 0 Å². The topological polar surface area (TPSA) is 266 Å². The fraction of sp³-hybridized carbons (Fsp3) is 0.429. The molecule has 1 aromatic carbocycles. The third-order valence-corrected chi connectivity index (χ3v) is 4.82. The summed E-state index contributed by atoms with van der Waals surface area (Å²) in [7, 11) is 0. The van der Waals surface area contributed by atoms with E-state index in [1.165, 1.54) is 24.3 Å². The summed E-state index contributed by atoms with van der Waals surface area (Å²) in [5.41, 5.74) is 5.86. The van der Waals surface area contributed by atoms with Crippen LogP contribution >= 0.6 is 0 Å². The van der Waals surface area contributed by atoms with E-state index in [-0.39, 0.29) is 12.2 Å². The Balaban J connectivity index is 3.06. The predicted octanol–water partition coefficient (Wildman–Crippen LogP) is -2.87. The molecule has 0 saturated heterocycles. The Morgan fingerprint density at radius 2 is 1.31 bits per heavy atom. The van der Waals surface area contributed by atoms with Crippen molar-refractivity contribution in [2.45, 2.75) is 49.9 Å². The Bertz CT molecular complexity index is 967. The van der Waals surface area contributed by atoms with Crippen LogP contribution in [-0.2, 0) is 35.2 Å². The summed E-state index contributed by atoms with van der Waals surface area (Å²) < 4.78 is 0. The highest BCUT2D eigenvalue weighted by atomic mass is 16.4. The van der Waals surface area contributed by atoms with Gasteiger partial charge in [0.05, 0.1) is 19.1 Å². The van der Waals surface area contributed by atoms with Crippen molar-refractivity contribution in [1.82, 2.24) is 16.0 Å². The standard InChI is InChI=1S/C21H28N4O11/c22-12(8-17(30)31)18(32)25-15(9-26)20(34)24-14(7-10-1-3-11(27)4-2-10)19(33)23-13(21(35)36)5-6-16(28)29/h1-4,12-15,26-27H,5-9,22H2,(H,23,33)(H,24,34)(H,25,32)(H,28,29)(H,30,31)(H,35,36). The van der Waals surface area contributed by atoms with E-state index >= 15 is 0 Å². The highest BCUT2D eigenvalue weighted by molar-refractivity contribution is 5.95. The first-order chi connectivity index (χ1) is 16.8. The first-order valence-corrected chi connectivity index (χ1v) is 10.6. The number of amides is 3. The number of benzene rings is 1. The fourth-order valence-electron chi connectivity index (χ4n) is 2.90. The third kappa shape index (κ3) is 10.4. The van der Waals surface area contributed by atoms with E-state index in [1.807, 2.05) is 0 Å². The van der Waals surface area contributed by atoms with E-state index in [2.05, 4.69) is 16.0 Å². The summed E-state index contributed by atoms with van der Waals surface area (Å²) in [6.07, 6.45) is -1.95. The number of aliphatic carboxylic acids is 3. The van der Waals surface area contributed by atoms with Gasteiger partial charge in [-0.05, 0) is 24.1 Å². The van der Waals surface area contributed by atoms with Crippen LogP contribution in [0.25, 0.3) is 0 Å². The fourth-order valence-corrected chi connectivity index (χ4v) is 2.90. The van der Waals surface area contributed by atoms with Gasteiger partial charge < -0.3 is 47.2 Å². The van der Waals surface area contributed by atoms with Crippen molar-refractivity contribution in [3.63, 3.8) is 0 Å². The summed E-state index contributed by atoms with van der Waals surface area (Å²) >= 11 is 0. The Kier molecular flexibility index (Phi) is 11.8. The number of phenolic OH excluding ortho intramolecular Hbond substituents is 1. The first-order valence-electron chi connectivity index (χ1n) is 10.6. The maximum Gasteiger partial charge on any atom is 0.326 e. The minimum atomic E-state index is -1.63. The van der Waals surface area contributed by atoms with Crippen LogP contribution in [0, 0.1) is 0 Å². The van der Waals surface area contributed by atoms with Crippen molar-refractivity contribution in [2.24, 2.45) is 5.73 Å². The molecular weight excluding hydrogens is 484 g/mol. The molecule has 10 N–H and O–H groups in total. The van der Waals surface area contributed by atoms with Crippen LogP contribution in [0.3, 0.4) is 0 Å². The third-order valence-electron chi connectivity index (χ3n) is 4.82. The van der Waals surface area contributed by atoms with Gasteiger partial charge in [0.15, 0.2) is 0 Å². The molecule has 36 heavy (non-hydrogen) atoms. The number of nitrogens with one attached hydrogen (secondary N) is 3. The van der Waals surface area contributed by atoms with Crippen molar-refractivity contribution in [2.75, 3.05) is 6.61 Å². The average Bonchev–Trinajstić information content (AvgIpc) is 2.79. The molecular formula is C21H28N4O11. The van der Waals surface area contributed by atoms with Crippen molar-refractivity contribution in [3.8, 4) is 5.75 Å². The molecule has 15 nitrogen and oxygen atoms in total. The molecule has 198 valence electrons. The lowest BCUT2D eigenvalue weighted by Gasteiger charge is -2.24. The van der Waals surface area contributed by atoms with Gasteiger partial charge in [-0.25, -0.2) is 4.79 Å². The second kappa shape index (κ2) is 14.2. The molecule has 15 heteroatoms. The van der Waals surface area contributed by atoms with Gasteiger partial charge in [0.2, 0.25) is 17.7 Å². The van der Waals surface area contributed by atoms with Crippen molar-refractivity contribution < 1.29 is 54.3 Å². The van der Waals surface area contributed by atoms with Gasteiger partial charge in [-0.3, -0.25) is 24.0 Å². The number of carboxylic acid groups (broad SMARTS) is 3. The van der Waals surface area contributed by atoms with Gasteiger partial charge in [-0.1, -0.05) is 12.1 Å². The zero-order valence-corrected chi connectivity index (χ0v) is 18.9. The van der Waals surface area contributed by atoms with Gasteiger partial charge in [0.1, 0.15) is 23.9 Å². The smallest absolute Gasteiger partial charge is 0.326 e. The van der Waals surface area contributed by atoms with Gasteiger partial charge in [-0.15, -0.1) is 0 Å². The zero-order chi connectivity index (χ0) is 27.4. The maximum atomic E-state index is 12.9. The van der Waals surface area contributed by atoms with Gasteiger partial charge in [-0.2, -0.15) is 0 Å². The number of phenols is 1. The van der Waals surface area contributed by atoms with E-state index in [0.29, 0.717) is 5.56 Å². The quantitative estimate of drug-likeness (QED) is 0.115. The van der Waals surface area contributed by atoms with Gasteiger partial charge in [0, 0.05) is 12.8 Å². The maximum absolute atomic E-state index is 12.9. The van der Waals surface area contributed by atoms with E-state index in [0.717, 1.165) is 0 Å². The van der Waals surface area contributed by atoms with E-state index in [4.69, 9.17) is 15.9 Å². The van der Waals surface area contributed by atoms with Crippen LogP contribution in [0.4, 0.5) is 0 Å². The number of hydrogen-bond donors (Lipinski definition) is 9. The summed E-state index contributed by atoms with van der Waals surface area (Å²) in [5, 5.41) is 52.3. The first kappa shape index (κ1) is 29.8. The van der Waals surface area contributed by atoms with Gasteiger partial charge >= 0.3 is 17.9 Å². The molecule has 4 atom stereocenters. The Morgan fingerprint density at radius 1 is 0.778 bits per heavy atom. The molecule has 0 spiro atoms. The normalized spacial score (nSPS) is 13.9. The second-order valence-corrected chi connectivity index (χ2v) is 7.71. The molecule has 0 aliphatic rings. The highest BCUT2D eigenvalue weighted by Gasteiger charge is 2.30. The SMILES string of the molecule is NC(CC(=O)O)C(=O)NC(CO)C(=O)NC(Cc1ccc(O)cc1)C(=O)NC(CCC(=O)O)C(=O)O. The molecule has 1 aromatic rings. The predicted molar refractivity (Wildman–Crippen MR) is 119 cm³/mol. The molecule has 0 heterocycles. The van der Waals surface area contributed by atoms with Crippen LogP contribution in [-0.4, -0.2) is 91.9 Å². The molecule has 0 fully saturated rings. The number of rotatable bonds is 15. The lowest BCUT2D eigenvalue weighted by molar-refractivity contribution is -0.143. The molecule has 0 bridgehead atoms. The highest BCUT2D eigenvalue weighted by Crippen LogP contribution is 2.12. The minimum absolute atomic E-state index is 0.0795. The van der Waals surface area contributed by atoms with Crippen LogP contribution in [0.5, 0.6) is 5.75 Å². The number of carboxylic acids is 3. The number of hydrogen-bond acceptors (Lipinski definition) is 9. The Morgan fingerprint density at radius 3 is 1.81 bits per heavy atom. The molecule has 0 saturated carbocycles. The number of aromatic hydroxyl groups is 1. The number of aliphatic hydroxyl groups excluding tert-OH is 1. The lowest BCUT2D eigenvalue weighted by Crippen LogP contribution is -2.58. The molecule has 0 aliphatic carbocycles. The molecule has 0 aromatic heterocycles. The second-order valence-electron chi connectivity index (χ2n) is 7.71. The van der Waals surface area contributed by atoms with Crippen molar-refractivity contribution >= 4 is 35.6 Å². The monoisotopic (exact) mass is 512 g/mol. The van der Waals surface area contributed by atoms with Crippen molar-refractivity contribution in [3.05, 3.63) is 29.8 Å². The molecule has 1 rings (SSSR count). The van der Waals surface area contributed by atoms with Crippen LogP contribution in [0.1, 0.15) is 24.8 Å². The summed E-state index contributed by atoms with van der Waals surface area (Å²) in [6, 6.07) is -0.726. The van der Waals surface area contributed by atoms with Crippen LogP contribution in [0.15, 0.2) is 24.3 Å². The summed E-state index contributed by atoms with van der Waals surface area (Å²) in [5.74, 6) is -7.36. The Hall–Kier alpha value is -4.24. The zero-order valence-electron chi connectivity index (χ0n) is 18.9. The number of aliphatic hydroxyl groups is 1. The van der Waals surface area contributed by atoms with Crippen molar-refractivity contribution in [1.29, 1.82) is 0 Å². The average molecular weight is 512 g/mol. The molecule has 0 aliphatic heterocycles. The van der Waals surface area contributed by atoms with Gasteiger partial charge in [0.25, 0.3) is 0 Å². The summed E-state index contributed by atoms with van der Waals surface area (Å²) in [4.78, 5) is 70.5. The summed E-state index contributed by atoms with van der Waals surface area (Å²) in [6.45, 7) is -0.943. The van der Waals surface area contributed by atoms with E-state index in [9.17, 15) is 44.1 Å². The molecule has 3 amide bonds. The number of nitrogens with two attached hydrogens (primary N) is 1. The molecule has 0 radical (unpaired) electrons. The Labute approximate surface area is 204 Å². The molecule has 4 unspecified atom stereocenters.